The molecule has 3 N–H and O–H groups in total. The predicted molar refractivity (Wildman–Crippen MR) is 94.3 cm³/mol. The fourth-order valence-corrected chi connectivity index (χ4v) is 3.38. The first-order valence-electron chi connectivity index (χ1n) is 8.84. The number of amides is 4. The summed E-state index contributed by atoms with van der Waals surface area (Å²) in [6.45, 7) is 2.47. The summed E-state index contributed by atoms with van der Waals surface area (Å²) in [7, 11) is 0. The molecule has 1 atom stereocenters. The number of carbonyl (C=O) groups is 3. The Bertz CT molecular complexity index is 661. The molecule has 25 heavy (non-hydrogen) atoms. The molecule has 0 aromatic heterocycles. The van der Waals surface area contributed by atoms with Crippen LogP contribution in [0.5, 0.6) is 0 Å². The number of imide groups is 1. The van der Waals surface area contributed by atoms with Crippen molar-refractivity contribution in [3.8, 4) is 0 Å². The molecule has 1 fully saturated rings. The molecule has 2 aliphatic rings. The summed E-state index contributed by atoms with van der Waals surface area (Å²) >= 11 is 0. The van der Waals surface area contributed by atoms with Gasteiger partial charge >= 0.3 is 6.03 Å². The molecule has 7 nitrogen and oxygen atoms in total. The Morgan fingerprint density at radius 2 is 2.08 bits per heavy atom. The topological polar surface area (TPSA) is 90.5 Å². The summed E-state index contributed by atoms with van der Waals surface area (Å²) in [5.41, 5.74) is 2.68. The summed E-state index contributed by atoms with van der Waals surface area (Å²) in [5.74, 6) is -0.583. The molecule has 1 aromatic carbocycles. The normalized spacial score (nSPS) is 20.2. The van der Waals surface area contributed by atoms with Crippen LogP contribution in [0.25, 0.3) is 0 Å². The van der Waals surface area contributed by atoms with Crippen LogP contribution in [0, 0.1) is 0 Å². The number of para-hydroxylation sites is 1. The van der Waals surface area contributed by atoms with E-state index in [1.165, 1.54) is 11.3 Å². The molecule has 2 heterocycles. The summed E-state index contributed by atoms with van der Waals surface area (Å²) in [6.07, 6.45) is 3.60. The molecule has 3 rings (SSSR count). The van der Waals surface area contributed by atoms with Crippen molar-refractivity contribution in [2.24, 2.45) is 0 Å². The van der Waals surface area contributed by atoms with E-state index in [2.05, 4.69) is 45.1 Å². The van der Waals surface area contributed by atoms with Gasteiger partial charge in [0.2, 0.25) is 11.8 Å². The lowest BCUT2D eigenvalue weighted by Gasteiger charge is -2.31. The number of aryl methyl sites for hydroxylation is 1. The van der Waals surface area contributed by atoms with Gasteiger partial charge in [-0.1, -0.05) is 18.2 Å². The number of urea groups is 1. The second kappa shape index (κ2) is 8.00. The molecule has 0 bridgehead atoms. The average Bonchev–Trinajstić information content (AvgIpc) is 2.79. The molecule has 1 saturated heterocycles. The maximum absolute atomic E-state index is 12.2. The van der Waals surface area contributed by atoms with Gasteiger partial charge in [-0.3, -0.25) is 14.9 Å². The Labute approximate surface area is 147 Å². The first-order chi connectivity index (χ1) is 12.1. The number of benzene rings is 1. The standard InChI is InChI=1S/C18H24N4O3/c23-16-9-8-14(20-18(25)21-16)17(24)19-10-4-12-22-11-3-6-13-5-1-2-7-15(13)22/h1-2,5,7,14H,3-4,6,8-12H2,(H,19,24)(H2,20,21,23,25)/t14-/m0/s1. The molecule has 7 heteroatoms. The van der Waals surface area contributed by atoms with Crippen LogP contribution in [-0.2, 0) is 16.0 Å². The number of hydrogen-bond acceptors (Lipinski definition) is 4. The van der Waals surface area contributed by atoms with Gasteiger partial charge in [-0.25, -0.2) is 4.79 Å². The van der Waals surface area contributed by atoms with Crippen molar-refractivity contribution in [2.75, 3.05) is 24.5 Å². The van der Waals surface area contributed by atoms with E-state index < -0.39 is 12.1 Å². The third-order valence-corrected chi connectivity index (χ3v) is 4.65. The minimum atomic E-state index is -0.651. The average molecular weight is 344 g/mol. The van der Waals surface area contributed by atoms with Crippen molar-refractivity contribution in [2.45, 2.75) is 38.1 Å². The van der Waals surface area contributed by atoms with Gasteiger partial charge in [-0.2, -0.15) is 0 Å². The zero-order valence-corrected chi connectivity index (χ0v) is 14.2. The highest BCUT2D eigenvalue weighted by atomic mass is 16.2. The summed E-state index contributed by atoms with van der Waals surface area (Å²) < 4.78 is 0. The van der Waals surface area contributed by atoms with Crippen LogP contribution >= 0.6 is 0 Å². The Morgan fingerprint density at radius 1 is 1.24 bits per heavy atom. The zero-order chi connectivity index (χ0) is 17.6. The Balaban J connectivity index is 1.44. The van der Waals surface area contributed by atoms with Crippen LogP contribution in [-0.4, -0.2) is 43.5 Å². The minimum Gasteiger partial charge on any atom is -0.371 e. The molecule has 0 unspecified atom stereocenters. The van der Waals surface area contributed by atoms with E-state index in [1.54, 1.807) is 0 Å². The van der Waals surface area contributed by atoms with E-state index in [0.29, 0.717) is 13.0 Å². The maximum atomic E-state index is 12.2. The Morgan fingerprint density at radius 3 is 2.96 bits per heavy atom. The van der Waals surface area contributed by atoms with Crippen LogP contribution in [0.2, 0.25) is 0 Å². The molecule has 0 saturated carbocycles. The first kappa shape index (κ1) is 17.3. The monoisotopic (exact) mass is 344 g/mol. The maximum Gasteiger partial charge on any atom is 0.322 e. The van der Waals surface area contributed by atoms with Gasteiger partial charge in [0.25, 0.3) is 0 Å². The van der Waals surface area contributed by atoms with Crippen LogP contribution < -0.4 is 20.9 Å². The molecule has 0 spiro atoms. The number of hydrogen-bond donors (Lipinski definition) is 3. The number of fused-ring (bicyclic) bond motifs is 1. The van der Waals surface area contributed by atoms with Gasteiger partial charge in [0.15, 0.2) is 0 Å². The Kier molecular flexibility index (Phi) is 5.53. The van der Waals surface area contributed by atoms with Crippen LogP contribution in [0.15, 0.2) is 24.3 Å². The third kappa shape index (κ3) is 4.49. The van der Waals surface area contributed by atoms with Gasteiger partial charge < -0.3 is 15.5 Å². The lowest BCUT2D eigenvalue weighted by atomic mass is 10.0. The number of carbonyl (C=O) groups excluding carboxylic acids is 3. The van der Waals surface area contributed by atoms with Gasteiger partial charge in [0, 0.05) is 31.7 Å². The smallest absolute Gasteiger partial charge is 0.322 e. The number of rotatable bonds is 5. The van der Waals surface area contributed by atoms with Crippen molar-refractivity contribution < 1.29 is 14.4 Å². The lowest BCUT2D eigenvalue weighted by molar-refractivity contribution is -0.123. The van der Waals surface area contributed by atoms with E-state index in [1.807, 2.05) is 0 Å². The molecule has 0 aliphatic carbocycles. The van der Waals surface area contributed by atoms with Gasteiger partial charge in [-0.05, 0) is 37.3 Å². The van der Waals surface area contributed by atoms with Crippen LogP contribution in [0.1, 0.15) is 31.2 Å². The largest absolute Gasteiger partial charge is 0.371 e. The zero-order valence-electron chi connectivity index (χ0n) is 14.2. The SMILES string of the molecule is O=C1CC[C@@H](C(=O)NCCCN2CCCc3ccccc32)NC(=O)N1. The van der Waals surface area contributed by atoms with Gasteiger partial charge in [-0.15, -0.1) is 0 Å². The Hall–Kier alpha value is -2.57. The van der Waals surface area contributed by atoms with E-state index in [0.717, 1.165) is 32.4 Å². The van der Waals surface area contributed by atoms with E-state index in [-0.39, 0.29) is 18.2 Å². The highest BCUT2D eigenvalue weighted by Crippen LogP contribution is 2.26. The molecule has 134 valence electrons. The summed E-state index contributed by atoms with van der Waals surface area (Å²) in [5, 5.41) is 7.55. The fraction of sp³-hybridized carbons (Fsp3) is 0.500. The summed E-state index contributed by atoms with van der Waals surface area (Å²) in [4.78, 5) is 37.3. The number of nitrogens with one attached hydrogen (secondary N) is 3. The predicted octanol–water partition coefficient (Wildman–Crippen LogP) is 0.934. The second-order valence-electron chi connectivity index (χ2n) is 6.48. The van der Waals surface area contributed by atoms with Crippen molar-refractivity contribution in [1.29, 1.82) is 0 Å². The highest BCUT2D eigenvalue weighted by molar-refractivity contribution is 5.98. The molecule has 2 aliphatic heterocycles. The van der Waals surface area contributed by atoms with Crippen LogP contribution in [0.4, 0.5) is 10.5 Å². The molecule has 4 amide bonds. The van der Waals surface area contributed by atoms with Crippen molar-refractivity contribution in [3.05, 3.63) is 29.8 Å². The van der Waals surface area contributed by atoms with Crippen LogP contribution in [0.3, 0.4) is 0 Å². The molecule has 1 aromatic rings. The quantitative estimate of drug-likeness (QED) is 0.693. The highest BCUT2D eigenvalue weighted by Gasteiger charge is 2.25. The fourth-order valence-electron chi connectivity index (χ4n) is 3.38. The van der Waals surface area contributed by atoms with E-state index in [4.69, 9.17) is 0 Å². The van der Waals surface area contributed by atoms with Crippen molar-refractivity contribution in [3.63, 3.8) is 0 Å². The molecular weight excluding hydrogens is 320 g/mol. The van der Waals surface area contributed by atoms with Crippen molar-refractivity contribution in [1.82, 2.24) is 16.0 Å². The lowest BCUT2D eigenvalue weighted by Crippen LogP contribution is -2.48. The summed E-state index contributed by atoms with van der Waals surface area (Å²) in [6, 6.07) is 7.20. The third-order valence-electron chi connectivity index (χ3n) is 4.65. The minimum absolute atomic E-state index is 0.168. The first-order valence-corrected chi connectivity index (χ1v) is 8.84. The number of anilines is 1. The molecule has 0 radical (unpaired) electrons. The second-order valence-corrected chi connectivity index (χ2v) is 6.48. The van der Waals surface area contributed by atoms with Crippen molar-refractivity contribution >= 4 is 23.5 Å². The van der Waals surface area contributed by atoms with Gasteiger partial charge in [0.1, 0.15) is 6.04 Å². The molecular formula is C18H24N4O3. The van der Waals surface area contributed by atoms with E-state index in [9.17, 15) is 14.4 Å². The number of nitrogens with zero attached hydrogens (tertiary/aromatic N) is 1. The van der Waals surface area contributed by atoms with Gasteiger partial charge in [0.05, 0.1) is 0 Å². The van der Waals surface area contributed by atoms with E-state index >= 15 is 0 Å².